The normalized spacial score (nSPS) is 15.0. The van der Waals surface area contributed by atoms with E-state index < -0.39 is 11.7 Å². The molecular formula is C26H28FN7O. The van der Waals surface area contributed by atoms with Crippen molar-refractivity contribution in [2.24, 2.45) is 0 Å². The monoisotopic (exact) mass is 473 g/mol. The quantitative estimate of drug-likeness (QED) is 0.413. The van der Waals surface area contributed by atoms with Crippen LogP contribution in [0.3, 0.4) is 0 Å². The van der Waals surface area contributed by atoms with Gasteiger partial charge in [0.15, 0.2) is 5.82 Å². The van der Waals surface area contributed by atoms with Crippen LogP contribution in [0, 0.1) is 12.7 Å². The van der Waals surface area contributed by atoms with E-state index in [4.69, 9.17) is 0 Å². The molecule has 9 heteroatoms. The van der Waals surface area contributed by atoms with Gasteiger partial charge in [-0.3, -0.25) is 4.79 Å². The van der Waals surface area contributed by atoms with Crippen molar-refractivity contribution in [3.05, 3.63) is 71.3 Å². The zero-order valence-electron chi connectivity index (χ0n) is 20.3. The van der Waals surface area contributed by atoms with Gasteiger partial charge >= 0.3 is 0 Å². The Hall–Kier alpha value is -3.88. The third-order valence-electron chi connectivity index (χ3n) is 6.53. The van der Waals surface area contributed by atoms with Crippen LogP contribution in [0.4, 0.5) is 10.2 Å². The van der Waals surface area contributed by atoms with Gasteiger partial charge in [0.1, 0.15) is 23.2 Å². The number of carbonyl (C=O) groups is 1. The number of anilines is 1. The van der Waals surface area contributed by atoms with Crippen molar-refractivity contribution in [2.75, 3.05) is 5.32 Å². The van der Waals surface area contributed by atoms with E-state index in [-0.39, 0.29) is 11.5 Å². The molecule has 1 N–H and O–H groups in total. The van der Waals surface area contributed by atoms with Gasteiger partial charge in [-0.2, -0.15) is 0 Å². The van der Waals surface area contributed by atoms with Crippen LogP contribution in [0.1, 0.15) is 73.0 Å². The third-order valence-corrected chi connectivity index (χ3v) is 6.53. The van der Waals surface area contributed by atoms with Crippen molar-refractivity contribution < 1.29 is 9.18 Å². The molecule has 1 atom stereocenters. The summed E-state index contributed by atoms with van der Waals surface area (Å²) in [6.07, 6.45) is 6.50. The lowest BCUT2D eigenvalue weighted by Crippen LogP contribution is -2.16. The summed E-state index contributed by atoms with van der Waals surface area (Å²) in [5.74, 6) is 1.06. The highest BCUT2D eigenvalue weighted by Gasteiger charge is 2.27. The van der Waals surface area contributed by atoms with Gasteiger partial charge in [0, 0.05) is 18.7 Å². The molecule has 4 aromatic rings. The molecule has 0 bridgehead atoms. The molecule has 0 saturated carbocycles. The summed E-state index contributed by atoms with van der Waals surface area (Å²) in [4.78, 5) is 22.1. The Morgan fingerprint density at radius 2 is 2.09 bits per heavy atom. The molecule has 0 radical (unpaired) electrons. The Morgan fingerprint density at radius 3 is 2.83 bits per heavy atom. The second kappa shape index (κ2) is 9.05. The number of aryl methyl sites for hydroxylation is 2. The van der Waals surface area contributed by atoms with Crippen LogP contribution < -0.4 is 5.32 Å². The lowest BCUT2D eigenvalue weighted by molar-refractivity contribution is 0.102. The predicted octanol–water partition coefficient (Wildman–Crippen LogP) is 5.25. The summed E-state index contributed by atoms with van der Waals surface area (Å²) >= 11 is 0. The van der Waals surface area contributed by atoms with E-state index in [0.717, 1.165) is 30.8 Å². The summed E-state index contributed by atoms with van der Waals surface area (Å²) in [6.45, 7) is 8.06. The van der Waals surface area contributed by atoms with Crippen LogP contribution in [0.5, 0.6) is 0 Å². The molecule has 1 aliphatic heterocycles. The second-order valence-electron chi connectivity index (χ2n) is 9.25. The van der Waals surface area contributed by atoms with Crippen LogP contribution in [0.25, 0.3) is 17.2 Å². The van der Waals surface area contributed by atoms with Crippen LogP contribution in [0.2, 0.25) is 0 Å². The molecule has 1 aromatic carbocycles. The molecule has 8 nitrogen and oxygen atoms in total. The largest absolute Gasteiger partial charge is 0.307 e. The van der Waals surface area contributed by atoms with Gasteiger partial charge < -0.3 is 14.5 Å². The van der Waals surface area contributed by atoms with E-state index in [1.54, 1.807) is 31.5 Å². The maximum absolute atomic E-state index is 14.8. The van der Waals surface area contributed by atoms with Crippen LogP contribution in [0.15, 0.2) is 42.9 Å². The van der Waals surface area contributed by atoms with E-state index in [2.05, 4.69) is 50.8 Å². The van der Waals surface area contributed by atoms with Crippen LogP contribution in [-0.2, 0) is 6.42 Å². The van der Waals surface area contributed by atoms with Gasteiger partial charge in [0.05, 0.1) is 23.3 Å². The fourth-order valence-electron chi connectivity index (χ4n) is 4.56. The number of fused-ring (bicyclic) bond motifs is 1. The number of amides is 1. The summed E-state index contributed by atoms with van der Waals surface area (Å²) in [6, 6.07) is 8.58. The van der Waals surface area contributed by atoms with Crippen LogP contribution in [-0.4, -0.2) is 35.2 Å². The number of carbonyl (C=O) groups excluding carboxylic acids is 1. The Balaban J connectivity index is 1.43. The van der Waals surface area contributed by atoms with Gasteiger partial charge in [-0.1, -0.05) is 26.8 Å². The smallest absolute Gasteiger partial charge is 0.259 e. The minimum Gasteiger partial charge on any atom is -0.307 e. The summed E-state index contributed by atoms with van der Waals surface area (Å²) in [7, 11) is 0. The molecule has 35 heavy (non-hydrogen) atoms. The van der Waals surface area contributed by atoms with Crippen molar-refractivity contribution in [3.8, 4) is 17.2 Å². The average Bonchev–Trinajstić information content (AvgIpc) is 3.56. The number of hydrogen-bond acceptors (Lipinski definition) is 5. The highest BCUT2D eigenvalue weighted by atomic mass is 19.1. The van der Waals surface area contributed by atoms with E-state index >= 15 is 0 Å². The number of nitrogens with one attached hydrogen (secondary N) is 1. The first-order valence-corrected chi connectivity index (χ1v) is 11.9. The number of nitrogens with zero attached hydrogens (tertiary/aromatic N) is 6. The minimum absolute atomic E-state index is 0.0629. The molecule has 0 fully saturated rings. The number of hydrogen-bond donors (Lipinski definition) is 1. The van der Waals surface area contributed by atoms with E-state index in [0.29, 0.717) is 34.6 Å². The highest BCUT2D eigenvalue weighted by molar-refractivity contribution is 6.04. The summed E-state index contributed by atoms with van der Waals surface area (Å²) < 4.78 is 18.8. The number of pyridine rings is 1. The van der Waals surface area contributed by atoms with Crippen molar-refractivity contribution >= 4 is 11.7 Å². The van der Waals surface area contributed by atoms with Crippen molar-refractivity contribution in [2.45, 2.75) is 58.9 Å². The Kier molecular flexibility index (Phi) is 5.92. The maximum atomic E-state index is 14.8. The average molecular weight is 474 g/mol. The van der Waals surface area contributed by atoms with Gasteiger partial charge in [0.2, 0.25) is 0 Å². The lowest BCUT2D eigenvalue weighted by Gasteiger charge is -2.13. The Labute approximate surface area is 203 Å². The number of imidazole rings is 1. The fourth-order valence-corrected chi connectivity index (χ4v) is 4.56. The lowest BCUT2D eigenvalue weighted by atomic mass is 10.1. The Morgan fingerprint density at radius 1 is 1.26 bits per heavy atom. The van der Waals surface area contributed by atoms with Crippen molar-refractivity contribution in [1.82, 2.24) is 29.3 Å². The molecule has 4 heterocycles. The predicted molar refractivity (Wildman–Crippen MR) is 131 cm³/mol. The highest BCUT2D eigenvalue weighted by Crippen LogP contribution is 2.32. The van der Waals surface area contributed by atoms with Gasteiger partial charge in [-0.15, -0.1) is 10.2 Å². The number of benzene rings is 1. The SMILES string of the molecule is CC[C@@H]1CCc2nnc(-c3cccc(NC(=O)c4cc(-n5cnc(C(C)C)c5)c(C)cc4F)n3)n21. The zero-order valence-corrected chi connectivity index (χ0v) is 20.3. The fraction of sp³-hybridized carbons (Fsp3) is 0.346. The molecule has 0 aliphatic carbocycles. The van der Waals surface area contributed by atoms with E-state index in [9.17, 15) is 9.18 Å². The minimum atomic E-state index is -0.592. The molecule has 1 aliphatic rings. The zero-order chi connectivity index (χ0) is 24.7. The van der Waals surface area contributed by atoms with Crippen LogP contribution >= 0.6 is 0 Å². The Bertz CT molecular complexity index is 1400. The molecule has 180 valence electrons. The van der Waals surface area contributed by atoms with Gasteiger partial charge in [-0.25, -0.2) is 14.4 Å². The summed E-state index contributed by atoms with van der Waals surface area (Å²) in [5.41, 5.74) is 2.88. The molecule has 0 unspecified atom stereocenters. The number of rotatable bonds is 6. The second-order valence-corrected chi connectivity index (χ2v) is 9.25. The first-order valence-electron chi connectivity index (χ1n) is 11.9. The number of aromatic nitrogens is 6. The maximum Gasteiger partial charge on any atom is 0.259 e. The van der Waals surface area contributed by atoms with Crippen molar-refractivity contribution in [3.63, 3.8) is 0 Å². The van der Waals surface area contributed by atoms with Gasteiger partial charge in [0.25, 0.3) is 5.91 Å². The topological polar surface area (TPSA) is 90.5 Å². The van der Waals surface area contributed by atoms with E-state index in [1.165, 1.54) is 6.07 Å². The molecule has 5 rings (SSSR count). The molecule has 3 aromatic heterocycles. The molecule has 0 saturated heterocycles. The first kappa shape index (κ1) is 22.9. The molecular weight excluding hydrogens is 445 g/mol. The summed E-state index contributed by atoms with van der Waals surface area (Å²) in [5, 5.41) is 11.4. The third kappa shape index (κ3) is 4.22. The standard InChI is InChI=1S/C26H28FN7O/c1-5-17-9-10-24-31-32-25(34(17)24)20-7-6-8-23(29-20)30-26(35)18-12-22(16(4)11-19(18)27)33-13-21(15(2)3)28-14-33/h6-8,11-15,17H,5,9-10H2,1-4H3,(H,29,30,35)/t17-/m1/s1. The molecule has 1 amide bonds. The molecule has 0 spiro atoms. The van der Waals surface area contributed by atoms with Crippen molar-refractivity contribution in [1.29, 1.82) is 0 Å². The number of halogens is 1. The first-order chi connectivity index (χ1) is 16.9. The van der Waals surface area contributed by atoms with E-state index in [1.807, 2.05) is 16.8 Å². The van der Waals surface area contributed by atoms with Gasteiger partial charge in [-0.05, 0) is 55.5 Å².